The molecule has 0 radical (unpaired) electrons. The van der Waals surface area contributed by atoms with E-state index in [0.717, 1.165) is 18.5 Å². The van der Waals surface area contributed by atoms with E-state index in [1.54, 1.807) is 12.1 Å². The van der Waals surface area contributed by atoms with Crippen molar-refractivity contribution in [2.24, 2.45) is 5.92 Å². The molecule has 0 aliphatic carbocycles. The lowest BCUT2D eigenvalue weighted by molar-refractivity contribution is 0.385. The molecule has 0 aliphatic heterocycles. The fourth-order valence-corrected chi connectivity index (χ4v) is 1.75. The second-order valence-corrected chi connectivity index (χ2v) is 4.84. The molecule has 0 amide bonds. The van der Waals surface area contributed by atoms with Crippen molar-refractivity contribution >= 4 is 0 Å². The molecule has 1 aromatic rings. The molecule has 0 saturated carbocycles. The molecule has 0 saturated heterocycles. The first-order valence-electron chi connectivity index (χ1n) is 6.08. The molecule has 0 aliphatic rings. The summed E-state index contributed by atoms with van der Waals surface area (Å²) < 4.78 is 18.4. The lowest BCUT2D eigenvalue weighted by atomic mass is 10.0. The summed E-state index contributed by atoms with van der Waals surface area (Å²) in [5, 5.41) is 3.38. The molecular weight excluding hydrogens is 217 g/mol. The number of hydrogen-bond donors (Lipinski definition) is 1. The Kier molecular flexibility index (Phi) is 5.42. The first kappa shape index (κ1) is 14.0. The number of halogens is 1. The number of ether oxygens (including phenoxy) is 1. The van der Waals surface area contributed by atoms with Gasteiger partial charge in [-0.2, -0.15) is 0 Å². The van der Waals surface area contributed by atoms with Crippen LogP contribution in [-0.4, -0.2) is 19.7 Å². The van der Waals surface area contributed by atoms with Crippen molar-refractivity contribution in [3.05, 3.63) is 29.6 Å². The zero-order valence-corrected chi connectivity index (χ0v) is 11.1. The van der Waals surface area contributed by atoms with Gasteiger partial charge in [0.05, 0.1) is 7.11 Å². The van der Waals surface area contributed by atoms with Gasteiger partial charge in [-0.1, -0.05) is 26.8 Å². The van der Waals surface area contributed by atoms with Crippen LogP contribution in [0.3, 0.4) is 0 Å². The van der Waals surface area contributed by atoms with Crippen LogP contribution in [0.4, 0.5) is 4.39 Å². The Labute approximate surface area is 103 Å². The molecule has 0 aromatic heterocycles. The minimum absolute atomic E-state index is 0.283. The van der Waals surface area contributed by atoms with Crippen LogP contribution < -0.4 is 10.1 Å². The van der Waals surface area contributed by atoms with Gasteiger partial charge in [0.1, 0.15) is 0 Å². The summed E-state index contributed by atoms with van der Waals surface area (Å²) in [6.45, 7) is 7.36. The molecular formula is C14H22FNO. The third kappa shape index (κ3) is 4.73. The smallest absolute Gasteiger partial charge is 0.165 e. The maximum atomic E-state index is 13.5. The Bertz CT molecular complexity index is 352. The maximum Gasteiger partial charge on any atom is 0.165 e. The Morgan fingerprint density at radius 3 is 2.53 bits per heavy atom. The largest absolute Gasteiger partial charge is 0.494 e. The lowest BCUT2D eigenvalue weighted by Gasteiger charge is -2.15. The average molecular weight is 239 g/mol. The zero-order chi connectivity index (χ0) is 12.8. The van der Waals surface area contributed by atoms with Crippen LogP contribution in [0.25, 0.3) is 0 Å². The van der Waals surface area contributed by atoms with Crippen molar-refractivity contribution in [3.8, 4) is 5.75 Å². The van der Waals surface area contributed by atoms with E-state index in [9.17, 15) is 4.39 Å². The van der Waals surface area contributed by atoms with Gasteiger partial charge in [-0.3, -0.25) is 0 Å². The lowest BCUT2D eigenvalue weighted by Crippen LogP contribution is -2.28. The number of nitrogens with one attached hydrogen (secondary N) is 1. The van der Waals surface area contributed by atoms with Crippen LogP contribution in [0.1, 0.15) is 26.3 Å². The van der Waals surface area contributed by atoms with Crippen molar-refractivity contribution in [2.75, 3.05) is 13.7 Å². The SMILES string of the molecule is COc1ccc(CC(C)CNC(C)C)cc1F. The van der Waals surface area contributed by atoms with Crippen molar-refractivity contribution < 1.29 is 9.13 Å². The summed E-state index contributed by atoms with van der Waals surface area (Å²) in [6, 6.07) is 5.66. The maximum absolute atomic E-state index is 13.5. The highest BCUT2D eigenvalue weighted by molar-refractivity contribution is 5.29. The van der Waals surface area contributed by atoms with E-state index in [4.69, 9.17) is 4.74 Å². The van der Waals surface area contributed by atoms with Crippen LogP contribution in [0.2, 0.25) is 0 Å². The van der Waals surface area contributed by atoms with E-state index in [-0.39, 0.29) is 5.82 Å². The number of methoxy groups -OCH3 is 1. The highest BCUT2D eigenvalue weighted by Gasteiger charge is 2.07. The number of rotatable bonds is 6. The monoisotopic (exact) mass is 239 g/mol. The molecule has 1 N–H and O–H groups in total. The third-order valence-electron chi connectivity index (χ3n) is 2.67. The van der Waals surface area contributed by atoms with E-state index in [1.165, 1.54) is 7.11 Å². The normalized spacial score (nSPS) is 12.8. The minimum atomic E-state index is -0.283. The molecule has 1 rings (SSSR count). The van der Waals surface area contributed by atoms with Crippen LogP contribution in [0, 0.1) is 11.7 Å². The Morgan fingerprint density at radius 1 is 1.29 bits per heavy atom. The molecule has 1 unspecified atom stereocenters. The summed E-state index contributed by atoms with van der Waals surface area (Å²) >= 11 is 0. The molecule has 3 heteroatoms. The fourth-order valence-electron chi connectivity index (χ4n) is 1.75. The summed E-state index contributed by atoms with van der Waals surface area (Å²) in [7, 11) is 1.48. The molecule has 1 atom stereocenters. The van der Waals surface area contributed by atoms with Gasteiger partial charge < -0.3 is 10.1 Å². The quantitative estimate of drug-likeness (QED) is 0.824. The van der Waals surface area contributed by atoms with Gasteiger partial charge >= 0.3 is 0 Å². The first-order valence-corrected chi connectivity index (χ1v) is 6.08. The Morgan fingerprint density at radius 2 is 2.00 bits per heavy atom. The highest BCUT2D eigenvalue weighted by Crippen LogP contribution is 2.19. The van der Waals surface area contributed by atoms with Crippen LogP contribution in [0.5, 0.6) is 5.75 Å². The topological polar surface area (TPSA) is 21.3 Å². The summed E-state index contributed by atoms with van der Waals surface area (Å²) in [5.74, 6) is 0.515. The van der Waals surface area contributed by atoms with Crippen LogP contribution in [0.15, 0.2) is 18.2 Å². The van der Waals surface area contributed by atoms with Gasteiger partial charge in [0.25, 0.3) is 0 Å². The first-order chi connectivity index (χ1) is 8.02. The van der Waals surface area contributed by atoms with E-state index in [2.05, 4.69) is 26.1 Å². The molecule has 1 aromatic carbocycles. The number of benzene rings is 1. The van der Waals surface area contributed by atoms with Crippen molar-refractivity contribution in [1.82, 2.24) is 5.32 Å². The molecule has 96 valence electrons. The predicted octanol–water partition coefficient (Wildman–Crippen LogP) is 3.01. The minimum Gasteiger partial charge on any atom is -0.494 e. The predicted molar refractivity (Wildman–Crippen MR) is 69.0 cm³/mol. The van der Waals surface area contributed by atoms with Gasteiger partial charge in [0.2, 0.25) is 0 Å². The molecule has 0 heterocycles. The van der Waals surface area contributed by atoms with E-state index in [0.29, 0.717) is 17.7 Å². The molecule has 17 heavy (non-hydrogen) atoms. The third-order valence-corrected chi connectivity index (χ3v) is 2.67. The second-order valence-electron chi connectivity index (χ2n) is 4.84. The van der Waals surface area contributed by atoms with Crippen LogP contribution >= 0.6 is 0 Å². The van der Waals surface area contributed by atoms with Gasteiger partial charge in [-0.15, -0.1) is 0 Å². The van der Waals surface area contributed by atoms with Gasteiger partial charge in [0, 0.05) is 6.04 Å². The zero-order valence-electron chi connectivity index (χ0n) is 11.1. The van der Waals surface area contributed by atoms with Gasteiger partial charge in [0.15, 0.2) is 11.6 Å². The van der Waals surface area contributed by atoms with Gasteiger partial charge in [-0.05, 0) is 36.6 Å². The highest BCUT2D eigenvalue weighted by atomic mass is 19.1. The fraction of sp³-hybridized carbons (Fsp3) is 0.571. The summed E-state index contributed by atoms with van der Waals surface area (Å²) in [5.41, 5.74) is 1.02. The standard InChI is InChI=1S/C14H22FNO/c1-10(2)16-9-11(3)7-12-5-6-14(17-4)13(15)8-12/h5-6,8,10-11,16H,7,9H2,1-4H3. The van der Waals surface area contributed by atoms with Crippen molar-refractivity contribution in [1.29, 1.82) is 0 Å². The van der Waals surface area contributed by atoms with Crippen LogP contribution in [-0.2, 0) is 6.42 Å². The number of hydrogen-bond acceptors (Lipinski definition) is 2. The van der Waals surface area contributed by atoms with E-state index < -0.39 is 0 Å². The molecule has 0 bridgehead atoms. The summed E-state index contributed by atoms with van der Waals surface area (Å²) in [6.07, 6.45) is 0.876. The summed E-state index contributed by atoms with van der Waals surface area (Å²) in [4.78, 5) is 0. The Balaban J connectivity index is 2.53. The van der Waals surface area contributed by atoms with Crippen molar-refractivity contribution in [3.63, 3.8) is 0 Å². The van der Waals surface area contributed by atoms with Crippen molar-refractivity contribution in [2.45, 2.75) is 33.2 Å². The van der Waals surface area contributed by atoms with Gasteiger partial charge in [-0.25, -0.2) is 4.39 Å². The molecule has 0 spiro atoms. The van der Waals surface area contributed by atoms with E-state index in [1.807, 2.05) is 6.07 Å². The molecule has 2 nitrogen and oxygen atoms in total. The molecule has 0 fully saturated rings. The van der Waals surface area contributed by atoms with E-state index >= 15 is 0 Å². The average Bonchev–Trinajstić information content (AvgIpc) is 2.26. The second kappa shape index (κ2) is 6.60. The Hall–Kier alpha value is -1.09.